The SMILES string of the molecule is COc1ccc(N(C)C(=O)c2cc3c(Cc4cccc(C)c4)n[nH]c3cc2O)cc1N1CCN(C)CC1. The number of nitrogens with zero attached hydrogens (tertiary/aromatic N) is 4. The molecule has 0 atom stereocenters. The van der Waals surface area contributed by atoms with Crippen LogP contribution in [0.1, 0.15) is 27.2 Å². The molecule has 0 radical (unpaired) electrons. The Hall–Kier alpha value is -4.04. The van der Waals surface area contributed by atoms with Crippen LogP contribution in [0.3, 0.4) is 0 Å². The number of hydrogen-bond acceptors (Lipinski definition) is 6. The van der Waals surface area contributed by atoms with E-state index in [1.54, 1.807) is 31.2 Å². The van der Waals surface area contributed by atoms with E-state index in [2.05, 4.69) is 52.2 Å². The number of H-pyrrole nitrogens is 1. The molecule has 0 bridgehead atoms. The van der Waals surface area contributed by atoms with Crippen molar-refractivity contribution < 1.29 is 14.6 Å². The molecule has 1 amide bonds. The van der Waals surface area contributed by atoms with Gasteiger partial charge in [0.05, 0.1) is 29.6 Å². The molecule has 192 valence electrons. The number of anilines is 2. The number of piperazine rings is 1. The highest BCUT2D eigenvalue weighted by atomic mass is 16.5. The van der Waals surface area contributed by atoms with Crippen molar-refractivity contribution in [2.75, 3.05) is 57.2 Å². The molecule has 1 aliphatic rings. The van der Waals surface area contributed by atoms with E-state index in [4.69, 9.17) is 4.74 Å². The molecule has 1 saturated heterocycles. The largest absolute Gasteiger partial charge is 0.507 e. The van der Waals surface area contributed by atoms with E-state index >= 15 is 0 Å². The molecule has 3 aromatic carbocycles. The second-order valence-electron chi connectivity index (χ2n) is 9.76. The number of carbonyl (C=O) groups excluding carboxylic acids is 1. The van der Waals surface area contributed by atoms with Crippen LogP contribution in [0.25, 0.3) is 10.9 Å². The smallest absolute Gasteiger partial charge is 0.261 e. The van der Waals surface area contributed by atoms with E-state index in [0.717, 1.165) is 59.9 Å². The second kappa shape index (κ2) is 10.1. The second-order valence-corrected chi connectivity index (χ2v) is 9.76. The maximum atomic E-state index is 13.6. The van der Waals surface area contributed by atoms with Gasteiger partial charge in [-0.15, -0.1) is 0 Å². The first-order valence-corrected chi connectivity index (χ1v) is 12.5. The average Bonchev–Trinajstić information content (AvgIpc) is 3.28. The number of phenolic OH excluding ortho intramolecular Hbond substituents is 1. The first-order valence-electron chi connectivity index (χ1n) is 12.5. The molecule has 0 aliphatic carbocycles. The zero-order valence-corrected chi connectivity index (χ0v) is 21.8. The van der Waals surface area contributed by atoms with E-state index in [-0.39, 0.29) is 17.2 Å². The van der Waals surface area contributed by atoms with Crippen molar-refractivity contribution in [1.29, 1.82) is 0 Å². The topological polar surface area (TPSA) is 84.9 Å². The lowest BCUT2D eigenvalue weighted by Crippen LogP contribution is -2.44. The third kappa shape index (κ3) is 4.97. The van der Waals surface area contributed by atoms with Gasteiger partial charge in [0.25, 0.3) is 5.91 Å². The molecule has 0 spiro atoms. The molecular formula is C29H33N5O3. The number of phenols is 1. The lowest BCUT2D eigenvalue weighted by Gasteiger charge is -2.35. The van der Waals surface area contributed by atoms with Crippen molar-refractivity contribution in [3.63, 3.8) is 0 Å². The van der Waals surface area contributed by atoms with E-state index in [9.17, 15) is 9.90 Å². The minimum absolute atomic E-state index is 0.0806. The zero-order valence-electron chi connectivity index (χ0n) is 21.8. The van der Waals surface area contributed by atoms with Gasteiger partial charge >= 0.3 is 0 Å². The van der Waals surface area contributed by atoms with Gasteiger partial charge in [0.15, 0.2) is 0 Å². The summed E-state index contributed by atoms with van der Waals surface area (Å²) < 4.78 is 5.62. The number of aromatic hydroxyl groups is 1. The van der Waals surface area contributed by atoms with Crippen LogP contribution in [0, 0.1) is 6.92 Å². The molecule has 4 aromatic rings. The van der Waals surface area contributed by atoms with E-state index in [1.165, 1.54) is 5.56 Å². The van der Waals surface area contributed by atoms with Crippen LogP contribution in [0.15, 0.2) is 54.6 Å². The number of amides is 1. The Balaban J connectivity index is 1.45. The first kappa shape index (κ1) is 24.6. The van der Waals surface area contributed by atoms with Crippen molar-refractivity contribution in [2.24, 2.45) is 0 Å². The standard InChI is InChI=1S/C29H33N5O3/c1-19-6-5-7-20(14-19)15-24-22-17-23(27(35)18-25(22)31-30-24)29(36)33(3)21-8-9-28(37-4)26(16-21)34-12-10-32(2)11-13-34/h5-9,14,16-18,35H,10-13,15H2,1-4H3,(H,30,31). The van der Waals surface area contributed by atoms with Crippen LogP contribution in [0.4, 0.5) is 11.4 Å². The van der Waals surface area contributed by atoms with Gasteiger partial charge in [-0.05, 0) is 43.8 Å². The Morgan fingerprint density at radius 2 is 1.89 bits per heavy atom. The Labute approximate surface area is 217 Å². The number of fused-ring (bicyclic) bond motifs is 1. The third-order valence-electron chi connectivity index (χ3n) is 7.14. The summed E-state index contributed by atoms with van der Waals surface area (Å²) >= 11 is 0. The molecule has 2 N–H and O–H groups in total. The summed E-state index contributed by atoms with van der Waals surface area (Å²) in [5.41, 5.74) is 5.78. The highest BCUT2D eigenvalue weighted by Crippen LogP contribution is 2.35. The predicted molar refractivity (Wildman–Crippen MR) is 147 cm³/mol. The molecule has 0 saturated carbocycles. The third-order valence-corrected chi connectivity index (χ3v) is 7.14. The quantitative estimate of drug-likeness (QED) is 0.414. The summed E-state index contributed by atoms with van der Waals surface area (Å²) in [6.07, 6.45) is 0.628. The van der Waals surface area contributed by atoms with E-state index < -0.39 is 0 Å². The van der Waals surface area contributed by atoms with Crippen LogP contribution >= 0.6 is 0 Å². The normalized spacial score (nSPS) is 14.2. The highest BCUT2D eigenvalue weighted by molar-refractivity contribution is 6.10. The van der Waals surface area contributed by atoms with Gasteiger partial charge in [-0.2, -0.15) is 5.10 Å². The fourth-order valence-corrected chi connectivity index (χ4v) is 4.91. The highest BCUT2D eigenvalue weighted by Gasteiger charge is 2.23. The van der Waals surface area contributed by atoms with Crippen LogP contribution in [0.2, 0.25) is 0 Å². The van der Waals surface area contributed by atoms with E-state index in [1.807, 2.05) is 24.3 Å². The predicted octanol–water partition coefficient (Wildman–Crippen LogP) is 4.20. The summed E-state index contributed by atoms with van der Waals surface area (Å²) in [6.45, 7) is 5.76. The number of carbonyl (C=O) groups is 1. The van der Waals surface area contributed by atoms with Crippen molar-refractivity contribution in [1.82, 2.24) is 15.1 Å². The van der Waals surface area contributed by atoms with Gasteiger partial charge in [-0.1, -0.05) is 29.8 Å². The average molecular weight is 500 g/mol. The lowest BCUT2D eigenvalue weighted by atomic mass is 10.0. The Bertz CT molecular complexity index is 1440. The fraction of sp³-hybridized carbons (Fsp3) is 0.310. The van der Waals surface area contributed by atoms with Crippen molar-refractivity contribution in [2.45, 2.75) is 13.3 Å². The Morgan fingerprint density at radius 3 is 2.62 bits per heavy atom. The van der Waals surface area contributed by atoms with Gasteiger partial charge in [0, 0.05) is 56.8 Å². The zero-order chi connectivity index (χ0) is 26.1. The molecular weight excluding hydrogens is 466 g/mol. The minimum Gasteiger partial charge on any atom is -0.507 e. The summed E-state index contributed by atoms with van der Waals surface area (Å²) in [5.74, 6) is 0.400. The summed E-state index contributed by atoms with van der Waals surface area (Å²) in [6, 6.07) is 17.3. The monoisotopic (exact) mass is 499 g/mol. The molecule has 8 nitrogen and oxygen atoms in total. The number of aromatic amines is 1. The van der Waals surface area contributed by atoms with Gasteiger partial charge in [-0.25, -0.2) is 0 Å². The molecule has 0 unspecified atom stereocenters. The van der Waals surface area contributed by atoms with Gasteiger partial charge < -0.3 is 24.5 Å². The molecule has 1 aliphatic heterocycles. The van der Waals surface area contributed by atoms with Gasteiger partial charge in [0.1, 0.15) is 11.5 Å². The first-order chi connectivity index (χ1) is 17.8. The Kier molecular flexibility index (Phi) is 6.76. The summed E-state index contributed by atoms with van der Waals surface area (Å²) in [7, 11) is 5.51. The molecule has 8 heteroatoms. The molecule has 1 aromatic heterocycles. The number of hydrogen-bond donors (Lipinski definition) is 2. The number of ether oxygens (including phenoxy) is 1. The molecule has 5 rings (SSSR count). The molecule has 37 heavy (non-hydrogen) atoms. The summed E-state index contributed by atoms with van der Waals surface area (Å²) in [5, 5.41) is 19.0. The number of aryl methyl sites for hydroxylation is 1. The molecule has 2 heterocycles. The van der Waals surface area contributed by atoms with E-state index in [0.29, 0.717) is 11.9 Å². The van der Waals surface area contributed by atoms with Gasteiger partial charge in [0.2, 0.25) is 0 Å². The molecule has 1 fully saturated rings. The van der Waals surface area contributed by atoms with Crippen molar-refractivity contribution >= 4 is 28.2 Å². The fourth-order valence-electron chi connectivity index (χ4n) is 4.91. The number of aromatic nitrogens is 2. The number of rotatable bonds is 6. The number of methoxy groups -OCH3 is 1. The maximum Gasteiger partial charge on any atom is 0.261 e. The van der Waals surface area contributed by atoms with Crippen LogP contribution < -0.4 is 14.5 Å². The minimum atomic E-state index is -0.295. The number of nitrogens with one attached hydrogen (secondary N) is 1. The van der Waals surface area contributed by atoms with Gasteiger partial charge in [-0.3, -0.25) is 9.89 Å². The van der Waals surface area contributed by atoms with Crippen molar-refractivity contribution in [3.8, 4) is 11.5 Å². The number of benzene rings is 3. The Morgan fingerprint density at radius 1 is 1.11 bits per heavy atom. The van der Waals surface area contributed by atoms with Crippen LogP contribution in [0.5, 0.6) is 11.5 Å². The summed E-state index contributed by atoms with van der Waals surface area (Å²) in [4.78, 5) is 19.8. The lowest BCUT2D eigenvalue weighted by molar-refractivity contribution is 0.0990. The number of likely N-dealkylation sites (N-methyl/N-ethyl adjacent to an activating group) is 1. The van der Waals surface area contributed by atoms with Crippen LogP contribution in [-0.2, 0) is 6.42 Å². The van der Waals surface area contributed by atoms with Crippen LogP contribution in [-0.4, -0.2) is 73.5 Å². The maximum absolute atomic E-state index is 13.6. The van der Waals surface area contributed by atoms with Crippen molar-refractivity contribution in [3.05, 3.63) is 77.0 Å².